The van der Waals surface area contributed by atoms with Gasteiger partial charge in [0.15, 0.2) is 0 Å². The van der Waals surface area contributed by atoms with Crippen molar-refractivity contribution < 1.29 is 9.32 Å². The van der Waals surface area contributed by atoms with Crippen LogP contribution in [-0.4, -0.2) is 47.1 Å². The van der Waals surface area contributed by atoms with Gasteiger partial charge in [-0.05, 0) is 36.8 Å². The van der Waals surface area contributed by atoms with Crippen molar-refractivity contribution in [1.29, 1.82) is 0 Å². The van der Waals surface area contributed by atoms with Gasteiger partial charge in [-0.25, -0.2) is 0 Å². The van der Waals surface area contributed by atoms with Crippen molar-refractivity contribution in [1.82, 2.24) is 15.0 Å². The molecule has 1 amide bonds. The van der Waals surface area contributed by atoms with Gasteiger partial charge in [0, 0.05) is 60.3 Å². The molecule has 1 fully saturated rings. The molecule has 30 heavy (non-hydrogen) atoms. The lowest BCUT2D eigenvalue weighted by molar-refractivity contribution is -0.131. The zero-order chi connectivity index (χ0) is 21.1. The van der Waals surface area contributed by atoms with E-state index < -0.39 is 0 Å². The standard InChI is InChI=1S/C22H22Cl2N4O2/c1-15-5-6-18(24)14-19(15)27-9-11-28(12-10-27)21(29)8-7-20-25-22(26-30-20)16-3-2-4-17(23)13-16/h2-6,13-14H,7-12H2,1H3. The predicted octanol–water partition coefficient (Wildman–Crippen LogP) is 4.63. The first kappa shape index (κ1) is 20.7. The van der Waals surface area contributed by atoms with E-state index in [-0.39, 0.29) is 5.91 Å². The molecule has 2 aromatic carbocycles. The number of carbonyl (C=O) groups is 1. The zero-order valence-corrected chi connectivity index (χ0v) is 18.2. The molecule has 2 heterocycles. The van der Waals surface area contributed by atoms with Crippen LogP contribution in [0.5, 0.6) is 0 Å². The van der Waals surface area contributed by atoms with Crippen LogP contribution >= 0.6 is 23.2 Å². The van der Waals surface area contributed by atoms with Crippen molar-refractivity contribution >= 4 is 34.8 Å². The third-order valence-electron chi connectivity index (χ3n) is 5.25. The lowest BCUT2D eigenvalue weighted by Crippen LogP contribution is -2.49. The lowest BCUT2D eigenvalue weighted by atomic mass is 10.1. The summed E-state index contributed by atoms with van der Waals surface area (Å²) in [5.41, 5.74) is 3.11. The minimum atomic E-state index is 0.0972. The highest BCUT2D eigenvalue weighted by Crippen LogP contribution is 2.25. The number of carbonyl (C=O) groups excluding carboxylic acids is 1. The molecule has 0 atom stereocenters. The van der Waals surface area contributed by atoms with Crippen molar-refractivity contribution in [2.24, 2.45) is 0 Å². The average Bonchev–Trinajstić information content (AvgIpc) is 3.23. The number of amides is 1. The molecular formula is C22H22Cl2N4O2. The van der Waals surface area contributed by atoms with Gasteiger partial charge in [-0.2, -0.15) is 4.98 Å². The molecule has 0 radical (unpaired) electrons. The summed E-state index contributed by atoms with van der Waals surface area (Å²) in [4.78, 5) is 21.2. The highest BCUT2D eigenvalue weighted by molar-refractivity contribution is 6.31. The second kappa shape index (κ2) is 9.06. The number of anilines is 1. The van der Waals surface area contributed by atoms with Gasteiger partial charge in [-0.3, -0.25) is 4.79 Å². The fourth-order valence-corrected chi connectivity index (χ4v) is 3.95. The van der Waals surface area contributed by atoms with Gasteiger partial charge in [0.05, 0.1) is 0 Å². The van der Waals surface area contributed by atoms with Crippen molar-refractivity contribution in [3.63, 3.8) is 0 Å². The summed E-state index contributed by atoms with van der Waals surface area (Å²) in [5.74, 6) is 1.02. The van der Waals surface area contributed by atoms with Gasteiger partial charge in [0.2, 0.25) is 17.6 Å². The summed E-state index contributed by atoms with van der Waals surface area (Å²) in [5, 5.41) is 5.33. The molecule has 0 bridgehead atoms. The van der Waals surface area contributed by atoms with Crippen LogP contribution in [0.4, 0.5) is 5.69 Å². The summed E-state index contributed by atoms with van der Waals surface area (Å²) in [7, 11) is 0. The highest BCUT2D eigenvalue weighted by Gasteiger charge is 2.22. The average molecular weight is 445 g/mol. The number of halogens is 2. The maximum atomic E-state index is 12.6. The summed E-state index contributed by atoms with van der Waals surface area (Å²) in [6, 6.07) is 13.2. The van der Waals surface area contributed by atoms with E-state index in [1.165, 1.54) is 5.56 Å². The molecule has 1 saturated heterocycles. The van der Waals surface area contributed by atoms with Crippen LogP contribution in [0.25, 0.3) is 11.4 Å². The number of rotatable bonds is 5. The predicted molar refractivity (Wildman–Crippen MR) is 118 cm³/mol. The van der Waals surface area contributed by atoms with E-state index in [9.17, 15) is 4.79 Å². The fraction of sp³-hybridized carbons (Fsp3) is 0.318. The van der Waals surface area contributed by atoms with Crippen LogP contribution in [0, 0.1) is 6.92 Å². The van der Waals surface area contributed by atoms with Crippen LogP contribution < -0.4 is 4.90 Å². The van der Waals surface area contributed by atoms with Gasteiger partial charge in [0.25, 0.3) is 0 Å². The molecule has 0 unspecified atom stereocenters. The zero-order valence-electron chi connectivity index (χ0n) is 16.6. The topological polar surface area (TPSA) is 62.5 Å². The van der Waals surface area contributed by atoms with Crippen molar-refractivity contribution in [3.8, 4) is 11.4 Å². The maximum absolute atomic E-state index is 12.6. The molecular weight excluding hydrogens is 423 g/mol. The largest absolute Gasteiger partial charge is 0.368 e. The maximum Gasteiger partial charge on any atom is 0.227 e. The normalized spacial score (nSPS) is 14.2. The number of piperazine rings is 1. The Labute approximate surface area is 185 Å². The van der Waals surface area contributed by atoms with Crippen LogP contribution in [0.1, 0.15) is 17.9 Å². The molecule has 4 rings (SSSR count). The first-order valence-corrected chi connectivity index (χ1v) is 10.6. The van der Waals surface area contributed by atoms with Crippen LogP contribution in [0.15, 0.2) is 47.0 Å². The molecule has 3 aromatic rings. The molecule has 0 aliphatic carbocycles. The number of nitrogens with zero attached hydrogens (tertiary/aromatic N) is 4. The minimum Gasteiger partial charge on any atom is -0.368 e. The van der Waals surface area contributed by atoms with E-state index in [2.05, 4.69) is 22.0 Å². The van der Waals surface area contributed by atoms with E-state index in [4.69, 9.17) is 27.7 Å². The highest BCUT2D eigenvalue weighted by atomic mass is 35.5. The van der Waals surface area contributed by atoms with E-state index in [0.717, 1.165) is 29.4 Å². The lowest BCUT2D eigenvalue weighted by Gasteiger charge is -2.37. The third kappa shape index (κ3) is 4.77. The number of aryl methyl sites for hydroxylation is 2. The molecule has 1 aromatic heterocycles. The van der Waals surface area contributed by atoms with Gasteiger partial charge in [-0.15, -0.1) is 0 Å². The van der Waals surface area contributed by atoms with Gasteiger partial charge in [0.1, 0.15) is 0 Å². The SMILES string of the molecule is Cc1ccc(Cl)cc1N1CCN(C(=O)CCc2nc(-c3cccc(Cl)c3)no2)CC1. The minimum absolute atomic E-state index is 0.0972. The second-order valence-electron chi connectivity index (χ2n) is 7.32. The Bertz CT molecular complexity index is 1050. The fourth-order valence-electron chi connectivity index (χ4n) is 3.59. The first-order chi connectivity index (χ1) is 14.5. The summed E-state index contributed by atoms with van der Waals surface area (Å²) in [6.45, 7) is 5.01. The number of hydrogen-bond donors (Lipinski definition) is 0. The first-order valence-electron chi connectivity index (χ1n) is 9.87. The van der Waals surface area contributed by atoms with Gasteiger partial charge < -0.3 is 14.3 Å². The van der Waals surface area contributed by atoms with Crippen molar-refractivity contribution in [2.75, 3.05) is 31.1 Å². The van der Waals surface area contributed by atoms with E-state index in [0.29, 0.717) is 42.7 Å². The smallest absolute Gasteiger partial charge is 0.227 e. The number of benzene rings is 2. The molecule has 0 spiro atoms. The quantitative estimate of drug-likeness (QED) is 0.573. The molecule has 0 saturated carbocycles. The second-order valence-corrected chi connectivity index (χ2v) is 8.19. The Kier molecular flexibility index (Phi) is 6.25. The summed E-state index contributed by atoms with van der Waals surface area (Å²) < 4.78 is 5.30. The van der Waals surface area contributed by atoms with E-state index >= 15 is 0 Å². The Balaban J connectivity index is 1.30. The van der Waals surface area contributed by atoms with E-state index in [1.54, 1.807) is 12.1 Å². The number of aromatic nitrogens is 2. The monoisotopic (exact) mass is 444 g/mol. The van der Waals surface area contributed by atoms with Crippen LogP contribution in [0.3, 0.4) is 0 Å². The Hall–Kier alpha value is -2.57. The molecule has 0 N–H and O–H groups in total. The number of hydrogen-bond acceptors (Lipinski definition) is 5. The van der Waals surface area contributed by atoms with Gasteiger partial charge in [-0.1, -0.05) is 46.6 Å². The molecule has 1 aliphatic rings. The molecule has 156 valence electrons. The summed E-state index contributed by atoms with van der Waals surface area (Å²) >= 11 is 12.2. The molecule has 6 nitrogen and oxygen atoms in total. The Morgan fingerprint density at radius 3 is 2.60 bits per heavy atom. The van der Waals surface area contributed by atoms with Crippen molar-refractivity contribution in [3.05, 3.63) is 64.0 Å². The van der Waals surface area contributed by atoms with E-state index in [1.807, 2.05) is 35.2 Å². The molecule has 8 heteroatoms. The van der Waals surface area contributed by atoms with Crippen LogP contribution in [-0.2, 0) is 11.2 Å². The molecule has 1 aliphatic heterocycles. The summed E-state index contributed by atoms with van der Waals surface area (Å²) in [6.07, 6.45) is 0.757. The Morgan fingerprint density at radius 1 is 1.07 bits per heavy atom. The van der Waals surface area contributed by atoms with Crippen LogP contribution in [0.2, 0.25) is 10.0 Å². The third-order valence-corrected chi connectivity index (χ3v) is 5.72. The van der Waals surface area contributed by atoms with Crippen molar-refractivity contribution in [2.45, 2.75) is 19.8 Å². The van der Waals surface area contributed by atoms with Gasteiger partial charge >= 0.3 is 0 Å². The Morgan fingerprint density at radius 2 is 1.83 bits per heavy atom.